The summed E-state index contributed by atoms with van der Waals surface area (Å²) in [6, 6.07) is 0. The molecule has 134 valence electrons. The second-order valence-electron chi connectivity index (χ2n) is 4.86. The van der Waals surface area contributed by atoms with Crippen molar-refractivity contribution < 1.29 is 39.3 Å². The molecule has 0 radical (unpaired) electrons. The number of rotatable bonds is 4. The van der Waals surface area contributed by atoms with Crippen LogP contribution in [0.5, 0.6) is 0 Å². The lowest BCUT2D eigenvalue weighted by atomic mass is 10.2. The Morgan fingerprint density at radius 3 is 2.21 bits per heavy atom. The van der Waals surface area contributed by atoms with Gasteiger partial charge in [0.05, 0.1) is 17.7 Å². The Bertz CT molecular complexity index is 834. The van der Waals surface area contributed by atoms with E-state index in [0.29, 0.717) is 17.1 Å². The maximum atomic E-state index is 12.9. The summed E-state index contributed by atoms with van der Waals surface area (Å²) in [4.78, 5) is 0. The average Bonchev–Trinajstić information content (AvgIpc) is 2.93. The second-order valence-corrected chi connectivity index (χ2v) is 6.92. The highest BCUT2D eigenvalue weighted by Crippen LogP contribution is 2.34. The normalized spacial score (nSPS) is 13.5. The zero-order valence-corrected chi connectivity index (χ0v) is 12.6. The summed E-state index contributed by atoms with van der Waals surface area (Å²) in [6.45, 7) is 0. The minimum Gasteiger partial charge on any atom is -0.364 e. The maximum Gasteiger partial charge on any atom is 0.437 e. The number of nitrogens with zero attached hydrogens (tertiary/aromatic N) is 3. The van der Waals surface area contributed by atoms with E-state index >= 15 is 0 Å². The second kappa shape index (κ2) is 5.79. The molecule has 0 aliphatic carbocycles. The molecule has 2 heterocycles. The molecule has 6 nitrogen and oxygen atoms in total. The summed E-state index contributed by atoms with van der Waals surface area (Å²) in [5.74, 6) is -2.30. The molecule has 0 N–H and O–H groups in total. The fraction of sp³-hybridized carbons (Fsp3) is 0.455. The minimum atomic E-state index is -4.94. The largest absolute Gasteiger partial charge is 0.437 e. The molecular formula is C11H9F6N3O3S. The topological polar surface area (TPSA) is 78.0 Å². The number of hydrogen-bond donors (Lipinski definition) is 0. The van der Waals surface area contributed by atoms with Crippen LogP contribution in [-0.4, -0.2) is 23.4 Å². The predicted molar refractivity (Wildman–Crippen MR) is 66.0 cm³/mol. The fourth-order valence-corrected chi connectivity index (χ4v) is 3.54. The lowest BCUT2D eigenvalue weighted by molar-refractivity contribution is -0.144. The van der Waals surface area contributed by atoms with E-state index in [4.69, 9.17) is 0 Å². The first-order valence-corrected chi connectivity index (χ1v) is 7.92. The molecule has 13 heteroatoms. The number of hydrogen-bond acceptors (Lipinski definition) is 5. The number of aryl methyl sites for hydroxylation is 1. The van der Waals surface area contributed by atoms with Gasteiger partial charge in [0.25, 0.3) is 0 Å². The van der Waals surface area contributed by atoms with Crippen molar-refractivity contribution in [2.75, 3.05) is 0 Å². The Morgan fingerprint density at radius 1 is 1.08 bits per heavy atom. The molecule has 0 saturated carbocycles. The molecule has 0 aliphatic heterocycles. The third kappa shape index (κ3) is 3.88. The van der Waals surface area contributed by atoms with E-state index in [1.807, 2.05) is 0 Å². The van der Waals surface area contributed by atoms with Crippen molar-refractivity contribution in [3.05, 3.63) is 35.0 Å². The van der Waals surface area contributed by atoms with Crippen LogP contribution in [0.4, 0.5) is 26.3 Å². The molecule has 0 unspecified atom stereocenters. The average molecular weight is 377 g/mol. The van der Waals surface area contributed by atoms with Crippen molar-refractivity contribution in [1.82, 2.24) is 14.9 Å². The van der Waals surface area contributed by atoms with Crippen LogP contribution in [0.2, 0.25) is 0 Å². The van der Waals surface area contributed by atoms with Gasteiger partial charge in [0.2, 0.25) is 0 Å². The van der Waals surface area contributed by atoms with E-state index in [9.17, 15) is 34.8 Å². The van der Waals surface area contributed by atoms with Crippen LogP contribution in [0.1, 0.15) is 22.5 Å². The summed E-state index contributed by atoms with van der Waals surface area (Å²) in [5, 5.41) is 6.02. The lowest BCUT2D eigenvalue weighted by Crippen LogP contribution is -2.17. The molecule has 0 aromatic carbocycles. The highest BCUT2D eigenvalue weighted by atomic mass is 32.2. The predicted octanol–water partition coefficient (Wildman–Crippen LogP) is 2.56. The number of alkyl halides is 6. The molecule has 0 bridgehead atoms. The van der Waals surface area contributed by atoms with E-state index < -0.39 is 56.2 Å². The molecule has 0 amide bonds. The quantitative estimate of drug-likeness (QED) is 0.766. The first-order valence-electron chi connectivity index (χ1n) is 6.10. The van der Waals surface area contributed by atoms with Gasteiger partial charge in [0, 0.05) is 18.2 Å². The van der Waals surface area contributed by atoms with E-state index in [2.05, 4.69) is 14.8 Å². The highest BCUT2D eigenvalue weighted by Gasteiger charge is 2.40. The Balaban J connectivity index is 2.30. The minimum absolute atomic E-state index is 0.450. The summed E-state index contributed by atoms with van der Waals surface area (Å²) in [7, 11) is -3.39. The number of halogens is 6. The molecule has 2 rings (SSSR count). The van der Waals surface area contributed by atoms with Gasteiger partial charge in [0.15, 0.2) is 15.5 Å². The zero-order chi connectivity index (χ0) is 18.3. The van der Waals surface area contributed by atoms with Gasteiger partial charge in [-0.3, -0.25) is 4.68 Å². The SMILES string of the molecule is Cn1ncc(CS(=O)(=O)Cc2conc2C(F)(F)F)c1C(F)(F)F. The first-order chi connectivity index (χ1) is 10.8. The Kier molecular flexibility index (Phi) is 4.41. The standard InChI is InChI=1S/C11H9F6N3O3S/c1-20-9(11(15,16)17)6(2-18-20)4-24(21,22)5-7-3-23-19-8(7)10(12,13)14/h2-3H,4-5H2,1H3. The van der Waals surface area contributed by atoms with Crippen LogP contribution >= 0.6 is 0 Å². The fourth-order valence-electron chi connectivity index (χ4n) is 2.07. The van der Waals surface area contributed by atoms with Crippen LogP contribution < -0.4 is 0 Å². The third-order valence-corrected chi connectivity index (χ3v) is 4.45. The number of sulfone groups is 1. The van der Waals surface area contributed by atoms with Gasteiger partial charge in [-0.15, -0.1) is 0 Å². The Morgan fingerprint density at radius 2 is 1.67 bits per heavy atom. The van der Waals surface area contributed by atoms with Crippen molar-refractivity contribution in [1.29, 1.82) is 0 Å². The number of aromatic nitrogens is 3. The van der Waals surface area contributed by atoms with Crippen LogP contribution in [0.15, 0.2) is 17.0 Å². The van der Waals surface area contributed by atoms with Gasteiger partial charge in [-0.1, -0.05) is 5.16 Å². The summed E-state index contributed by atoms with van der Waals surface area (Å²) < 4.78 is 105. The zero-order valence-electron chi connectivity index (χ0n) is 11.8. The van der Waals surface area contributed by atoms with Gasteiger partial charge in [-0.2, -0.15) is 31.4 Å². The molecule has 24 heavy (non-hydrogen) atoms. The first kappa shape index (κ1) is 18.3. The molecule has 2 aromatic rings. The van der Waals surface area contributed by atoms with E-state index in [1.54, 1.807) is 0 Å². The summed E-state index contributed by atoms with van der Waals surface area (Å²) in [5.41, 5.74) is -4.25. The molecule has 0 aliphatic rings. The molecule has 0 saturated heterocycles. The van der Waals surface area contributed by atoms with Gasteiger partial charge in [0.1, 0.15) is 12.0 Å². The van der Waals surface area contributed by atoms with Gasteiger partial charge >= 0.3 is 12.4 Å². The van der Waals surface area contributed by atoms with Crippen molar-refractivity contribution in [2.45, 2.75) is 23.9 Å². The van der Waals surface area contributed by atoms with Crippen LogP contribution in [0.3, 0.4) is 0 Å². The van der Waals surface area contributed by atoms with Crippen LogP contribution in [0, 0.1) is 0 Å². The van der Waals surface area contributed by atoms with Gasteiger partial charge < -0.3 is 4.52 Å². The molecule has 2 aromatic heterocycles. The Hall–Kier alpha value is -2.05. The van der Waals surface area contributed by atoms with Crippen molar-refractivity contribution in [3.63, 3.8) is 0 Å². The van der Waals surface area contributed by atoms with Crippen molar-refractivity contribution >= 4 is 9.84 Å². The highest BCUT2D eigenvalue weighted by molar-refractivity contribution is 7.89. The molecule has 0 fully saturated rings. The van der Waals surface area contributed by atoms with Crippen LogP contribution in [0.25, 0.3) is 0 Å². The van der Waals surface area contributed by atoms with Gasteiger partial charge in [-0.05, 0) is 0 Å². The monoisotopic (exact) mass is 377 g/mol. The smallest absolute Gasteiger partial charge is 0.364 e. The molecule has 0 atom stereocenters. The lowest BCUT2D eigenvalue weighted by Gasteiger charge is -2.10. The van der Waals surface area contributed by atoms with Crippen LogP contribution in [-0.2, 0) is 40.7 Å². The third-order valence-electron chi connectivity index (χ3n) is 2.95. The summed E-state index contributed by atoms with van der Waals surface area (Å²) >= 11 is 0. The summed E-state index contributed by atoms with van der Waals surface area (Å²) in [6.07, 6.45) is -8.60. The van der Waals surface area contributed by atoms with Crippen molar-refractivity contribution in [3.8, 4) is 0 Å². The van der Waals surface area contributed by atoms with E-state index in [-0.39, 0.29) is 0 Å². The molecule has 0 spiro atoms. The molecular weight excluding hydrogens is 368 g/mol. The van der Waals surface area contributed by atoms with E-state index in [1.165, 1.54) is 0 Å². The Labute approximate surface area is 131 Å². The maximum absolute atomic E-state index is 12.9. The van der Waals surface area contributed by atoms with Crippen molar-refractivity contribution in [2.24, 2.45) is 7.05 Å². The van der Waals surface area contributed by atoms with Gasteiger partial charge in [-0.25, -0.2) is 8.42 Å². The van der Waals surface area contributed by atoms with E-state index in [0.717, 1.165) is 7.05 Å².